The van der Waals surface area contributed by atoms with Gasteiger partial charge in [0.2, 0.25) is 0 Å². The van der Waals surface area contributed by atoms with Crippen LogP contribution < -0.4 is 4.74 Å². The van der Waals surface area contributed by atoms with Crippen molar-refractivity contribution in [3.05, 3.63) is 54.1 Å². The summed E-state index contributed by atoms with van der Waals surface area (Å²) in [5.41, 5.74) is 2.42. The van der Waals surface area contributed by atoms with Crippen LogP contribution in [0, 0.1) is 5.92 Å². The molecular weight excluding hydrogens is 424 g/mol. The highest BCUT2D eigenvalue weighted by Gasteiger charge is 2.14. The number of alkyl halides is 1. The van der Waals surface area contributed by atoms with Crippen LogP contribution in [0.2, 0.25) is 0 Å². The third kappa shape index (κ3) is 9.04. The van der Waals surface area contributed by atoms with Gasteiger partial charge in [0.05, 0.1) is 10.9 Å². The molecule has 2 rings (SSSR count). The Morgan fingerprint density at radius 1 is 0.844 bits per heavy atom. The number of hydrogen-bond donors (Lipinski definition) is 0. The van der Waals surface area contributed by atoms with E-state index in [-0.39, 0.29) is 29.8 Å². The number of ether oxygens (including phenoxy) is 2. The van der Waals surface area contributed by atoms with E-state index >= 15 is 0 Å². The molecule has 0 aliphatic carbocycles. The lowest BCUT2D eigenvalue weighted by molar-refractivity contribution is -0.134. The molecule has 0 radical (unpaired) electrons. The fraction of sp³-hybridized carbons (Fsp3) is 0.481. The topological polar surface area (TPSA) is 52.6 Å². The van der Waals surface area contributed by atoms with E-state index in [9.17, 15) is 9.59 Å². The number of benzene rings is 2. The van der Waals surface area contributed by atoms with Gasteiger partial charge in [0.25, 0.3) is 0 Å². The van der Waals surface area contributed by atoms with Crippen LogP contribution in [0.4, 0.5) is 0 Å². The molecule has 0 saturated heterocycles. The first-order chi connectivity index (χ1) is 15.4. The Morgan fingerprint density at radius 3 is 2.00 bits per heavy atom. The maximum absolute atomic E-state index is 12.2. The van der Waals surface area contributed by atoms with E-state index in [2.05, 4.69) is 6.92 Å². The van der Waals surface area contributed by atoms with E-state index < -0.39 is 0 Å². The van der Waals surface area contributed by atoms with Crippen LogP contribution in [0.3, 0.4) is 0 Å². The zero-order valence-electron chi connectivity index (χ0n) is 19.4. The van der Waals surface area contributed by atoms with Crippen LogP contribution in [-0.2, 0) is 9.53 Å². The third-order valence-corrected chi connectivity index (χ3v) is 6.00. The van der Waals surface area contributed by atoms with Crippen molar-refractivity contribution in [2.24, 2.45) is 5.92 Å². The molecule has 32 heavy (non-hydrogen) atoms. The number of unbranched alkanes of at least 4 members (excludes halogenated alkanes) is 5. The summed E-state index contributed by atoms with van der Waals surface area (Å²) in [6, 6.07) is 14.6. The summed E-state index contributed by atoms with van der Waals surface area (Å²) in [5, 5.41) is -0.198. The normalized spacial score (nSPS) is 11.9. The van der Waals surface area contributed by atoms with Crippen LogP contribution in [0.1, 0.15) is 76.1 Å². The van der Waals surface area contributed by atoms with Crippen molar-refractivity contribution in [3.63, 3.8) is 0 Å². The summed E-state index contributed by atoms with van der Waals surface area (Å²) in [4.78, 5) is 24.2. The zero-order valence-corrected chi connectivity index (χ0v) is 20.2. The van der Waals surface area contributed by atoms with Crippen LogP contribution in [0.15, 0.2) is 48.5 Å². The molecule has 0 bridgehead atoms. The first-order valence-electron chi connectivity index (χ1n) is 11.6. The van der Waals surface area contributed by atoms with Crippen LogP contribution in [0.25, 0.3) is 11.1 Å². The third-order valence-electron chi connectivity index (χ3n) is 5.37. The molecule has 174 valence electrons. The van der Waals surface area contributed by atoms with Crippen molar-refractivity contribution in [1.82, 2.24) is 0 Å². The van der Waals surface area contributed by atoms with Crippen molar-refractivity contribution in [1.29, 1.82) is 0 Å². The van der Waals surface area contributed by atoms with E-state index in [0.29, 0.717) is 17.7 Å². The molecule has 4 nitrogen and oxygen atoms in total. The van der Waals surface area contributed by atoms with Crippen molar-refractivity contribution in [2.45, 2.75) is 71.1 Å². The molecule has 2 aromatic rings. The summed E-state index contributed by atoms with van der Waals surface area (Å²) in [6.45, 7) is 6.36. The Morgan fingerprint density at radius 2 is 1.41 bits per heavy atom. The molecule has 0 saturated carbocycles. The monoisotopic (exact) mass is 458 g/mol. The van der Waals surface area contributed by atoms with Crippen molar-refractivity contribution >= 4 is 23.5 Å². The lowest BCUT2D eigenvalue weighted by atomic mass is 10.0. The molecule has 0 spiro atoms. The molecule has 0 N–H and O–H groups in total. The number of rotatable bonds is 13. The zero-order chi connectivity index (χ0) is 23.3. The van der Waals surface area contributed by atoms with Gasteiger partial charge in [-0.15, -0.1) is 11.6 Å². The Bertz CT molecular complexity index is 828. The Kier molecular flexibility index (Phi) is 11.3. The van der Waals surface area contributed by atoms with Gasteiger partial charge in [0.15, 0.2) is 0 Å². The van der Waals surface area contributed by atoms with E-state index in [0.717, 1.165) is 24.0 Å². The smallest absolute Gasteiger partial charge is 0.338 e. The number of carbonyl (C=O) groups excluding carboxylic acids is 2. The van der Waals surface area contributed by atoms with Crippen molar-refractivity contribution in [3.8, 4) is 16.9 Å². The van der Waals surface area contributed by atoms with E-state index in [1.807, 2.05) is 38.1 Å². The second kappa shape index (κ2) is 13.9. The summed E-state index contributed by atoms with van der Waals surface area (Å²) < 4.78 is 10.7. The molecular formula is C27H35ClO4. The van der Waals surface area contributed by atoms with Crippen molar-refractivity contribution in [2.75, 3.05) is 6.61 Å². The molecule has 0 amide bonds. The number of esters is 2. The number of halogens is 1. The average Bonchev–Trinajstić information content (AvgIpc) is 2.80. The average molecular weight is 459 g/mol. The largest absolute Gasteiger partial charge is 0.461 e. The van der Waals surface area contributed by atoms with Gasteiger partial charge in [0, 0.05) is 6.42 Å². The highest BCUT2D eigenvalue weighted by molar-refractivity contribution is 6.21. The highest BCUT2D eigenvalue weighted by atomic mass is 35.5. The van der Waals surface area contributed by atoms with E-state index in [1.54, 1.807) is 24.3 Å². The van der Waals surface area contributed by atoms with Gasteiger partial charge >= 0.3 is 11.9 Å². The Labute approximate surface area is 197 Å². The molecule has 0 unspecified atom stereocenters. The maximum Gasteiger partial charge on any atom is 0.338 e. The minimum absolute atomic E-state index is 0.187. The Hall–Kier alpha value is -2.33. The van der Waals surface area contributed by atoms with E-state index in [1.165, 1.54) is 25.7 Å². The van der Waals surface area contributed by atoms with Gasteiger partial charge in [-0.3, -0.25) is 4.79 Å². The molecule has 0 fully saturated rings. The number of hydrogen-bond acceptors (Lipinski definition) is 4. The first kappa shape index (κ1) is 25.9. The molecule has 1 atom stereocenters. The molecule has 0 heterocycles. The van der Waals surface area contributed by atoms with Gasteiger partial charge in [-0.1, -0.05) is 77.1 Å². The van der Waals surface area contributed by atoms with Gasteiger partial charge in [-0.2, -0.15) is 0 Å². The Balaban J connectivity index is 1.82. The van der Waals surface area contributed by atoms with E-state index in [4.69, 9.17) is 21.1 Å². The molecule has 0 aliphatic heterocycles. The molecule has 2 aromatic carbocycles. The molecule has 0 aliphatic rings. The number of carbonyl (C=O) groups is 2. The lowest BCUT2D eigenvalue weighted by Gasteiger charge is -2.13. The minimum atomic E-state index is -0.379. The van der Waals surface area contributed by atoms with Crippen LogP contribution in [-0.4, -0.2) is 23.9 Å². The van der Waals surface area contributed by atoms with Gasteiger partial charge in [-0.05, 0) is 47.7 Å². The summed E-state index contributed by atoms with van der Waals surface area (Å²) >= 11 is 6.14. The fourth-order valence-corrected chi connectivity index (χ4v) is 3.24. The summed E-state index contributed by atoms with van der Waals surface area (Å²) in [5.74, 6) is 0.221. The summed E-state index contributed by atoms with van der Waals surface area (Å²) in [7, 11) is 0. The van der Waals surface area contributed by atoms with Crippen LogP contribution >= 0.6 is 11.6 Å². The molecule has 0 aromatic heterocycles. The SMILES string of the molecule is CCCCCCCCC(=O)Oc1ccc(-c2ccc(C(=O)OC[C@@H](Cl)C(C)C)cc2)cc1. The van der Waals surface area contributed by atoms with Gasteiger partial charge in [0.1, 0.15) is 12.4 Å². The van der Waals surface area contributed by atoms with Gasteiger partial charge in [-0.25, -0.2) is 4.79 Å². The van der Waals surface area contributed by atoms with Crippen LogP contribution in [0.5, 0.6) is 5.75 Å². The predicted molar refractivity (Wildman–Crippen MR) is 130 cm³/mol. The highest BCUT2D eigenvalue weighted by Crippen LogP contribution is 2.23. The minimum Gasteiger partial charge on any atom is -0.461 e. The quantitative estimate of drug-likeness (QED) is 0.135. The van der Waals surface area contributed by atoms with Crippen molar-refractivity contribution < 1.29 is 19.1 Å². The standard InChI is InChI=1S/C27H35ClO4/c1-4-5-6-7-8-9-10-26(29)32-24-17-15-22(16-18-24)21-11-13-23(14-12-21)27(30)31-19-25(28)20(2)3/h11-18,20,25H,4-10,19H2,1-3H3/t25-/m1/s1. The second-order valence-electron chi connectivity index (χ2n) is 8.45. The van der Waals surface area contributed by atoms with Gasteiger partial charge < -0.3 is 9.47 Å². The summed E-state index contributed by atoms with van der Waals surface area (Å²) in [6.07, 6.45) is 7.30. The first-order valence-corrected chi connectivity index (χ1v) is 12.1. The maximum atomic E-state index is 12.2. The fourth-order valence-electron chi connectivity index (χ4n) is 3.18. The lowest BCUT2D eigenvalue weighted by Crippen LogP contribution is -2.18. The predicted octanol–water partition coefficient (Wildman–Crippen LogP) is 7.43. The second-order valence-corrected chi connectivity index (χ2v) is 9.01. The molecule has 5 heteroatoms.